The quantitative estimate of drug-likeness (QED) is 0.718. The van der Waals surface area contributed by atoms with Crippen LogP contribution in [0.4, 0.5) is 0 Å². The van der Waals surface area contributed by atoms with E-state index in [1.807, 2.05) is 58.7 Å². The average molecular weight is 341 g/mol. The Labute approximate surface area is 144 Å². The summed E-state index contributed by atoms with van der Waals surface area (Å²) < 4.78 is 7.51. The Morgan fingerprint density at radius 2 is 2.12 bits per heavy atom. The topological polar surface area (TPSA) is 56.1 Å². The standard InChI is InChI=1S/C18H19N3O2S/c1-14(23-16-6-3-2-4-7-16)18(22)19-12-17(15-8-11-24-13-15)21-10-5-9-20-21/h2-11,13-14,17H,12H2,1H3,(H,19,22)/t14-,17-/m0/s1. The maximum Gasteiger partial charge on any atom is 0.260 e. The van der Waals surface area contributed by atoms with E-state index in [1.54, 1.807) is 24.5 Å². The van der Waals surface area contributed by atoms with E-state index >= 15 is 0 Å². The summed E-state index contributed by atoms with van der Waals surface area (Å²) in [5, 5.41) is 11.4. The number of aromatic nitrogens is 2. The van der Waals surface area contributed by atoms with Crippen molar-refractivity contribution in [3.63, 3.8) is 0 Å². The lowest BCUT2D eigenvalue weighted by atomic mass is 10.1. The maximum atomic E-state index is 12.3. The molecule has 1 amide bonds. The predicted molar refractivity (Wildman–Crippen MR) is 94.2 cm³/mol. The lowest BCUT2D eigenvalue weighted by Gasteiger charge is -2.20. The normalized spacial score (nSPS) is 13.2. The summed E-state index contributed by atoms with van der Waals surface area (Å²) in [4.78, 5) is 12.3. The Balaban J connectivity index is 1.61. The molecule has 24 heavy (non-hydrogen) atoms. The molecule has 2 heterocycles. The zero-order chi connectivity index (χ0) is 16.8. The first-order chi connectivity index (χ1) is 11.7. The largest absolute Gasteiger partial charge is 0.481 e. The molecule has 0 bridgehead atoms. The Hall–Kier alpha value is -2.60. The van der Waals surface area contributed by atoms with Gasteiger partial charge in [-0.2, -0.15) is 16.4 Å². The monoisotopic (exact) mass is 341 g/mol. The highest BCUT2D eigenvalue weighted by Crippen LogP contribution is 2.19. The Morgan fingerprint density at radius 1 is 1.29 bits per heavy atom. The molecule has 2 atom stereocenters. The van der Waals surface area contributed by atoms with Gasteiger partial charge in [-0.05, 0) is 47.5 Å². The van der Waals surface area contributed by atoms with Crippen molar-refractivity contribution in [2.45, 2.75) is 19.1 Å². The molecule has 0 spiro atoms. The number of thiophene rings is 1. The second kappa shape index (κ2) is 7.79. The van der Waals surface area contributed by atoms with E-state index in [1.165, 1.54) is 0 Å². The average Bonchev–Trinajstić information content (AvgIpc) is 3.30. The summed E-state index contributed by atoms with van der Waals surface area (Å²) in [6, 6.07) is 13.2. The fraction of sp³-hybridized carbons (Fsp3) is 0.222. The van der Waals surface area contributed by atoms with Crippen LogP contribution in [-0.2, 0) is 4.79 Å². The number of carbonyl (C=O) groups is 1. The summed E-state index contributed by atoms with van der Waals surface area (Å²) in [5.74, 6) is 0.535. The molecule has 0 unspecified atom stereocenters. The number of amides is 1. The third-order valence-corrected chi connectivity index (χ3v) is 4.37. The fourth-order valence-electron chi connectivity index (χ4n) is 2.39. The molecule has 124 valence electrons. The van der Waals surface area contributed by atoms with Gasteiger partial charge in [0.2, 0.25) is 0 Å². The van der Waals surface area contributed by atoms with Crippen molar-refractivity contribution < 1.29 is 9.53 Å². The molecule has 3 rings (SSSR count). The zero-order valence-corrected chi connectivity index (χ0v) is 14.1. The lowest BCUT2D eigenvalue weighted by molar-refractivity contribution is -0.127. The predicted octanol–water partition coefficient (Wildman–Crippen LogP) is 3.12. The smallest absolute Gasteiger partial charge is 0.260 e. The summed E-state index contributed by atoms with van der Waals surface area (Å²) in [6.45, 7) is 2.20. The number of hydrogen-bond acceptors (Lipinski definition) is 4. The van der Waals surface area contributed by atoms with E-state index < -0.39 is 6.10 Å². The Morgan fingerprint density at radius 3 is 2.79 bits per heavy atom. The van der Waals surface area contributed by atoms with Crippen LogP contribution in [0.5, 0.6) is 5.75 Å². The first kappa shape index (κ1) is 16.3. The first-order valence-electron chi connectivity index (χ1n) is 7.74. The molecule has 0 saturated carbocycles. The zero-order valence-electron chi connectivity index (χ0n) is 13.3. The molecule has 0 aliphatic rings. The number of rotatable bonds is 7. The highest BCUT2D eigenvalue weighted by Gasteiger charge is 2.19. The van der Waals surface area contributed by atoms with Crippen LogP contribution in [0.2, 0.25) is 0 Å². The van der Waals surface area contributed by atoms with Gasteiger partial charge in [0.25, 0.3) is 5.91 Å². The molecule has 0 fully saturated rings. The highest BCUT2D eigenvalue weighted by atomic mass is 32.1. The van der Waals surface area contributed by atoms with E-state index in [0.29, 0.717) is 12.3 Å². The number of ether oxygens (including phenoxy) is 1. The van der Waals surface area contributed by atoms with Gasteiger partial charge in [-0.25, -0.2) is 0 Å². The van der Waals surface area contributed by atoms with Crippen molar-refractivity contribution in [1.82, 2.24) is 15.1 Å². The van der Waals surface area contributed by atoms with Crippen molar-refractivity contribution in [3.8, 4) is 5.75 Å². The molecular weight excluding hydrogens is 322 g/mol. The second-order valence-corrected chi connectivity index (χ2v) is 6.16. The van der Waals surface area contributed by atoms with E-state index in [-0.39, 0.29) is 11.9 Å². The summed E-state index contributed by atoms with van der Waals surface area (Å²) in [5.41, 5.74) is 1.13. The van der Waals surface area contributed by atoms with Gasteiger partial charge in [-0.1, -0.05) is 18.2 Å². The molecule has 5 nitrogen and oxygen atoms in total. The van der Waals surface area contributed by atoms with Crippen LogP contribution in [0, 0.1) is 0 Å². The van der Waals surface area contributed by atoms with Gasteiger partial charge < -0.3 is 10.1 Å². The van der Waals surface area contributed by atoms with Gasteiger partial charge in [-0.3, -0.25) is 9.48 Å². The molecule has 3 aromatic rings. The molecular formula is C18H19N3O2S. The van der Waals surface area contributed by atoms with Crippen molar-refractivity contribution in [1.29, 1.82) is 0 Å². The van der Waals surface area contributed by atoms with E-state index in [0.717, 1.165) is 5.56 Å². The summed E-state index contributed by atoms with van der Waals surface area (Å²) in [6.07, 6.45) is 3.08. The molecule has 6 heteroatoms. The Bertz CT molecular complexity index is 708. The van der Waals surface area contributed by atoms with Gasteiger partial charge in [0.15, 0.2) is 6.10 Å². The van der Waals surface area contributed by atoms with Crippen molar-refractivity contribution in [2.75, 3.05) is 6.54 Å². The highest BCUT2D eigenvalue weighted by molar-refractivity contribution is 7.07. The van der Waals surface area contributed by atoms with Gasteiger partial charge >= 0.3 is 0 Å². The van der Waals surface area contributed by atoms with E-state index in [2.05, 4.69) is 15.8 Å². The number of nitrogens with one attached hydrogen (secondary N) is 1. The third-order valence-electron chi connectivity index (χ3n) is 3.67. The molecule has 1 N–H and O–H groups in total. The van der Waals surface area contributed by atoms with E-state index in [4.69, 9.17) is 4.74 Å². The van der Waals surface area contributed by atoms with Crippen molar-refractivity contribution in [3.05, 3.63) is 71.2 Å². The SMILES string of the molecule is C[C@H](Oc1ccccc1)C(=O)NC[C@@H](c1ccsc1)n1cccn1. The van der Waals surface area contributed by atoms with Gasteiger partial charge in [-0.15, -0.1) is 0 Å². The molecule has 0 radical (unpaired) electrons. The summed E-state index contributed by atoms with van der Waals surface area (Å²) in [7, 11) is 0. The van der Waals surface area contributed by atoms with Crippen LogP contribution in [0.1, 0.15) is 18.5 Å². The van der Waals surface area contributed by atoms with Crippen LogP contribution in [-0.4, -0.2) is 28.3 Å². The number of nitrogens with zero attached hydrogens (tertiary/aromatic N) is 2. The maximum absolute atomic E-state index is 12.3. The minimum absolute atomic E-state index is 0.0286. The van der Waals surface area contributed by atoms with Gasteiger partial charge in [0.1, 0.15) is 5.75 Å². The lowest BCUT2D eigenvalue weighted by Crippen LogP contribution is -2.39. The van der Waals surface area contributed by atoms with Gasteiger partial charge in [0, 0.05) is 18.9 Å². The number of benzene rings is 1. The number of para-hydroxylation sites is 1. The fourth-order valence-corrected chi connectivity index (χ4v) is 3.10. The first-order valence-corrected chi connectivity index (χ1v) is 8.69. The second-order valence-electron chi connectivity index (χ2n) is 5.38. The van der Waals surface area contributed by atoms with Crippen molar-refractivity contribution >= 4 is 17.2 Å². The molecule has 1 aromatic carbocycles. The van der Waals surface area contributed by atoms with E-state index in [9.17, 15) is 4.79 Å². The van der Waals surface area contributed by atoms with Crippen molar-refractivity contribution in [2.24, 2.45) is 0 Å². The molecule has 0 aliphatic heterocycles. The van der Waals surface area contributed by atoms with Crippen LogP contribution in [0.15, 0.2) is 65.6 Å². The Kier molecular flexibility index (Phi) is 5.28. The van der Waals surface area contributed by atoms with Crippen LogP contribution in [0.3, 0.4) is 0 Å². The van der Waals surface area contributed by atoms with Gasteiger partial charge in [0.05, 0.1) is 6.04 Å². The van der Waals surface area contributed by atoms with Crippen LogP contribution >= 0.6 is 11.3 Å². The van der Waals surface area contributed by atoms with Crippen LogP contribution < -0.4 is 10.1 Å². The molecule has 2 aromatic heterocycles. The minimum atomic E-state index is -0.562. The number of carbonyl (C=O) groups excluding carboxylic acids is 1. The molecule has 0 aliphatic carbocycles. The summed E-state index contributed by atoms with van der Waals surface area (Å²) >= 11 is 1.63. The third kappa shape index (κ3) is 4.02. The minimum Gasteiger partial charge on any atom is -0.481 e. The number of hydrogen-bond donors (Lipinski definition) is 1. The molecule has 0 saturated heterocycles. The van der Waals surface area contributed by atoms with Crippen LogP contribution in [0.25, 0.3) is 0 Å².